The number of furan rings is 2. The van der Waals surface area contributed by atoms with Crippen LogP contribution in [-0.2, 0) is 0 Å². The van der Waals surface area contributed by atoms with E-state index in [1.54, 1.807) is 0 Å². The lowest BCUT2D eigenvalue weighted by atomic mass is 9.78. The Balaban J connectivity index is 1.03. The number of aromatic nitrogens is 1. The van der Waals surface area contributed by atoms with Crippen LogP contribution in [0.25, 0.3) is 83.0 Å². The van der Waals surface area contributed by atoms with Crippen molar-refractivity contribution in [2.75, 3.05) is 4.90 Å². The Hall–Kier alpha value is -7.04. The second-order valence-electron chi connectivity index (χ2n) is 15.4. The van der Waals surface area contributed by atoms with E-state index >= 15 is 0 Å². The zero-order valence-corrected chi connectivity index (χ0v) is 30.4. The van der Waals surface area contributed by atoms with Gasteiger partial charge in [-0.05, 0) is 99.8 Å². The molecule has 0 saturated heterocycles. The summed E-state index contributed by atoms with van der Waals surface area (Å²) >= 11 is 0. The zero-order chi connectivity index (χ0) is 36.5. The molecule has 0 N–H and O–H groups in total. The van der Waals surface area contributed by atoms with E-state index in [0.29, 0.717) is 0 Å². The van der Waals surface area contributed by atoms with Crippen LogP contribution in [0.5, 0.6) is 0 Å². The summed E-state index contributed by atoms with van der Waals surface area (Å²) in [6.07, 6.45) is 15.7. The molecule has 0 bridgehead atoms. The lowest BCUT2D eigenvalue weighted by Gasteiger charge is -2.27. The molecule has 13 rings (SSSR count). The Morgan fingerprint density at radius 2 is 1.27 bits per heavy atom. The number of allylic oxidation sites excluding steroid dienone is 6. The highest BCUT2D eigenvalue weighted by Crippen LogP contribution is 2.53. The lowest BCUT2D eigenvalue weighted by Crippen LogP contribution is -2.28. The van der Waals surface area contributed by atoms with Crippen LogP contribution in [0.15, 0.2) is 179 Å². The van der Waals surface area contributed by atoms with E-state index in [-0.39, 0.29) is 12.0 Å². The summed E-state index contributed by atoms with van der Waals surface area (Å²) in [5, 5.41) is 4.58. The van der Waals surface area contributed by atoms with Gasteiger partial charge in [0, 0.05) is 39.0 Å². The molecular formula is C52H34N2O2. The Kier molecular flexibility index (Phi) is 6.09. The summed E-state index contributed by atoms with van der Waals surface area (Å²) in [4.78, 5) is 2.38. The molecule has 4 aliphatic rings. The molecule has 56 heavy (non-hydrogen) atoms. The first-order chi connectivity index (χ1) is 27.8. The van der Waals surface area contributed by atoms with E-state index in [2.05, 4.69) is 179 Å². The van der Waals surface area contributed by atoms with Gasteiger partial charge in [0.15, 0.2) is 0 Å². The van der Waals surface area contributed by atoms with Crippen LogP contribution in [-0.4, -0.2) is 10.6 Å². The van der Waals surface area contributed by atoms with E-state index in [9.17, 15) is 0 Å². The summed E-state index contributed by atoms with van der Waals surface area (Å²) < 4.78 is 15.9. The van der Waals surface area contributed by atoms with Gasteiger partial charge in [-0.15, -0.1) is 0 Å². The van der Waals surface area contributed by atoms with E-state index in [0.717, 1.165) is 63.3 Å². The normalized spacial score (nSPS) is 17.9. The van der Waals surface area contributed by atoms with Crippen LogP contribution in [0.4, 0.5) is 11.6 Å². The molecule has 1 aliphatic heterocycles. The highest BCUT2D eigenvalue weighted by Gasteiger charge is 2.42. The third kappa shape index (κ3) is 4.03. The Labute approximate surface area is 323 Å². The molecule has 3 aromatic heterocycles. The van der Waals surface area contributed by atoms with Crippen LogP contribution in [0.1, 0.15) is 35.4 Å². The monoisotopic (exact) mass is 718 g/mol. The van der Waals surface area contributed by atoms with Crippen LogP contribution >= 0.6 is 0 Å². The molecule has 0 saturated carbocycles. The van der Waals surface area contributed by atoms with Gasteiger partial charge in [0.2, 0.25) is 11.6 Å². The standard InChI is InChI=1S/C52H34N2O2/c1-2-14-34-33(13-1)35-15-3-4-17-37(35)39-27-25-31(29-43(39)38-18-6-5-16-36(34)38)53-46-23-11-8-20-41(46)50-44-30-32(26-28-48(44)56-52(50)53)54-45-22-10-7-19-40(45)49-42-21-9-12-24-47(42)55-51(49)54/h1-3,5-16,18-30,40,45H,4,17H2. The minimum Gasteiger partial charge on any atom is -0.440 e. The minimum absolute atomic E-state index is 0.133. The summed E-state index contributed by atoms with van der Waals surface area (Å²) in [6, 6.07) is 48.7. The molecule has 264 valence electrons. The topological polar surface area (TPSA) is 34.5 Å². The van der Waals surface area contributed by atoms with Crippen molar-refractivity contribution >= 4 is 66.7 Å². The van der Waals surface area contributed by atoms with Crippen molar-refractivity contribution in [1.29, 1.82) is 0 Å². The Bertz CT molecular complexity index is 3290. The maximum Gasteiger partial charge on any atom is 0.213 e. The van der Waals surface area contributed by atoms with Gasteiger partial charge in [0.05, 0.1) is 16.9 Å². The highest BCUT2D eigenvalue weighted by atomic mass is 16.4. The molecule has 0 spiro atoms. The fraction of sp³-hybridized carbons (Fsp3) is 0.0769. The lowest BCUT2D eigenvalue weighted by molar-refractivity contribution is 0.604. The second kappa shape index (κ2) is 11.2. The van der Waals surface area contributed by atoms with Crippen LogP contribution in [0, 0.1) is 0 Å². The van der Waals surface area contributed by atoms with Gasteiger partial charge in [-0.25, -0.2) is 0 Å². The van der Waals surface area contributed by atoms with Crippen LogP contribution < -0.4 is 4.90 Å². The minimum atomic E-state index is 0.133. The molecule has 0 fully saturated rings. The largest absolute Gasteiger partial charge is 0.440 e. The van der Waals surface area contributed by atoms with Crippen molar-refractivity contribution in [3.8, 4) is 27.9 Å². The number of anilines is 2. The Morgan fingerprint density at radius 3 is 2.16 bits per heavy atom. The van der Waals surface area contributed by atoms with Crippen molar-refractivity contribution < 1.29 is 8.83 Å². The second-order valence-corrected chi connectivity index (χ2v) is 15.4. The molecule has 2 unspecified atom stereocenters. The van der Waals surface area contributed by atoms with Gasteiger partial charge in [-0.1, -0.05) is 127 Å². The molecule has 4 heteroatoms. The van der Waals surface area contributed by atoms with Gasteiger partial charge in [0.1, 0.15) is 11.2 Å². The number of hydrogen-bond acceptors (Lipinski definition) is 3. The third-order valence-electron chi connectivity index (χ3n) is 12.6. The van der Waals surface area contributed by atoms with Gasteiger partial charge < -0.3 is 13.7 Å². The highest BCUT2D eigenvalue weighted by molar-refractivity contribution is 6.20. The van der Waals surface area contributed by atoms with Crippen molar-refractivity contribution in [3.05, 3.63) is 187 Å². The number of nitrogens with zero attached hydrogens (tertiary/aromatic N) is 2. The maximum absolute atomic E-state index is 6.93. The number of hydrogen-bond donors (Lipinski definition) is 0. The molecule has 0 radical (unpaired) electrons. The number of fused-ring (bicyclic) bond motifs is 17. The van der Waals surface area contributed by atoms with Crippen molar-refractivity contribution in [1.82, 2.24) is 4.57 Å². The van der Waals surface area contributed by atoms with Crippen molar-refractivity contribution in [2.45, 2.75) is 24.8 Å². The average molecular weight is 719 g/mol. The fourth-order valence-corrected chi connectivity index (χ4v) is 10.2. The van der Waals surface area contributed by atoms with Gasteiger partial charge in [-0.3, -0.25) is 4.57 Å². The van der Waals surface area contributed by atoms with Gasteiger partial charge >= 0.3 is 0 Å². The van der Waals surface area contributed by atoms with E-state index < -0.39 is 0 Å². The molecule has 6 aromatic carbocycles. The van der Waals surface area contributed by atoms with E-state index in [1.165, 1.54) is 60.9 Å². The van der Waals surface area contributed by atoms with Gasteiger partial charge in [-0.2, -0.15) is 0 Å². The molecule has 3 aliphatic carbocycles. The molecule has 4 heterocycles. The molecule has 9 aromatic rings. The number of benzene rings is 6. The quantitative estimate of drug-likeness (QED) is 0.178. The predicted octanol–water partition coefficient (Wildman–Crippen LogP) is 13.9. The molecular weight excluding hydrogens is 685 g/mol. The Morgan fingerprint density at radius 1 is 0.554 bits per heavy atom. The summed E-state index contributed by atoms with van der Waals surface area (Å²) in [7, 11) is 0. The molecule has 0 amide bonds. The first kappa shape index (κ1) is 30.3. The maximum atomic E-state index is 6.93. The summed E-state index contributed by atoms with van der Waals surface area (Å²) in [5.74, 6) is 1.14. The summed E-state index contributed by atoms with van der Waals surface area (Å²) in [5.41, 5.74) is 17.6. The number of para-hydroxylation sites is 2. The smallest absolute Gasteiger partial charge is 0.213 e. The first-order valence-corrected chi connectivity index (χ1v) is 19.7. The SMILES string of the molecule is C1=CC2c3c(oc4ccccc34)N(c3ccc4oc5c(c4c3)c3ccccc3n5-c3ccc4c(c3)-c3ccccc3-c3ccccc3C3=C4CCC=C3)C2C=C1. The number of rotatable bonds is 2. The predicted molar refractivity (Wildman–Crippen MR) is 230 cm³/mol. The van der Waals surface area contributed by atoms with E-state index in [1.807, 2.05) is 0 Å². The van der Waals surface area contributed by atoms with Crippen molar-refractivity contribution in [3.63, 3.8) is 0 Å². The molecule has 2 atom stereocenters. The average Bonchev–Trinajstić information content (AvgIpc) is 3.99. The zero-order valence-electron chi connectivity index (χ0n) is 30.4. The van der Waals surface area contributed by atoms with Crippen LogP contribution in [0.3, 0.4) is 0 Å². The van der Waals surface area contributed by atoms with Crippen molar-refractivity contribution in [2.24, 2.45) is 0 Å². The van der Waals surface area contributed by atoms with Gasteiger partial charge in [0.25, 0.3) is 0 Å². The molecule has 4 nitrogen and oxygen atoms in total. The third-order valence-corrected chi connectivity index (χ3v) is 12.6. The summed E-state index contributed by atoms with van der Waals surface area (Å²) in [6.45, 7) is 0. The van der Waals surface area contributed by atoms with E-state index in [4.69, 9.17) is 8.83 Å². The van der Waals surface area contributed by atoms with Crippen LogP contribution in [0.2, 0.25) is 0 Å². The first-order valence-electron chi connectivity index (χ1n) is 19.7. The fourth-order valence-electron chi connectivity index (χ4n) is 10.2.